The lowest BCUT2D eigenvalue weighted by molar-refractivity contribution is 0.250. The molecule has 0 bridgehead atoms. The number of hydrogen-bond acceptors (Lipinski definition) is 5. The lowest BCUT2D eigenvalue weighted by atomic mass is 9.92. The molecule has 1 aromatic heterocycles. The number of nitrogens with zero attached hydrogens (tertiary/aromatic N) is 3. The summed E-state index contributed by atoms with van der Waals surface area (Å²) in [6, 6.07) is 9.58. The Hall–Kier alpha value is -1.54. The average molecular weight is 383 g/mol. The van der Waals surface area contributed by atoms with Crippen molar-refractivity contribution in [2.75, 3.05) is 13.1 Å². The maximum atomic E-state index is 12.7. The SMILES string of the molecule is CC(N)C1CCN(S(=O)(=O)c2cnc(-c3ccccc3)nc2)CC1.Cl. The Balaban J connectivity index is 0.00000225. The van der Waals surface area contributed by atoms with E-state index in [4.69, 9.17) is 5.73 Å². The van der Waals surface area contributed by atoms with Crippen molar-refractivity contribution in [1.29, 1.82) is 0 Å². The molecule has 0 saturated carbocycles. The summed E-state index contributed by atoms with van der Waals surface area (Å²) < 4.78 is 27.0. The molecule has 1 aliphatic heterocycles. The normalized spacial score (nSPS) is 17.7. The van der Waals surface area contributed by atoms with Gasteiger partial charge in [0.2, 0.25) is 10.0 Å². The Bertz CT molecular complexity index is 774. The van der Waals surface area contributed by atoms with Crippen molar-refractivity contribution in [1.82, 2.24) is 14.3 Å². The molecule has 1 unspecified atom stereocenters. The molecular weight excluding hydrogens is 360 g/mol. The zero-order valence-electron chi connectivity index (χ0n) is 14.1. The standard InChI is InChI=1S/C17H22N4O2S.ClH/c1-13(18)14-7-9-21(10-8-14)24(22,23)16-11-19-17(20-12-16)15-5-3-2-4-6-15;/h2-6,11-14H,7-10,18H2,1H3;1H. The highest BCUT2D eigenvalue weighted by molar-refractivity contribution is 7.89. The number of aromatic nitrogens is 2. The highest BCUT2D eigenvalue weighted by Crippen LogP contribution is 2.25. The molecule has 0 amide bonds. The molecule has 6 nitrogen and oxygen atoms in total. The third kappa shape index (κ3) is 4.36. The summed E-state index contributed by atoms with van der Waals surface area (Å²) in [5.74, 6) is 0.901. The molecule has 1 saturated heterocycles. The first-order valence-corrected chi connectivity index (χ1v) is 9.55. The van der Waals surface area contributed by atoms with Gasteiger partial charge in [0, 0.05) is 24.7 Å². The van der Waals surface area contributed by atoms with E-state index in [1.165, 1.54) is 16.7 Å². The smallest absolute Gasteiger partial charge is 0.246 e. The van der Waals surface area contributed by atoms with Crippen LogP contribution in [0.2, 0.25) is 0 Å². The minimum atomic E-state index is -3.54. The number of rotatable bonds is 4. The van der Waals surface area contributed by atoms with Crippen LogP contribution in [0.1, 0.15) is 19.8 Å². The minimum absolute atomic E-state index is 0. The fraction of sp³-hybridized carbons (Fsp3) is 0.412. The van der Waals surface area contributed by atoms with Gasteiger partial charge in [-0.3, -0.25) is 0 Å². The predicted octanol–water partition coefficient (Wildman–Crippen LogP) is 2.31. The number of hydrogen-bond donors (Lipinski definition) is 1. The van der Waals surface area contributed by atoms with Crippen molar-refractivity contribution in [3.05, 3.63) is 42.7 Å². The van der Waals surface area contributed by atoms with E-state index in [1.807, 2.05) is 37.3 Å². The third-order valence-electron chi connectivity index (χ3n) is 4.54. The van der Waals surface area contributed by atoms with Crippen LogP contribution in [0.3, 0.4) is 0 Å². The molecule has 1 aromatic carbocycles. The predicted molar refractivity (Wildman–Crippen MR) is 99.8 cm³/mol. The van der Waals surface area contributed by atoms with Gasteiger partial charge in [-0.15, -0.1) is 12.4 Å². The van der Waals surface area contributed by atoms with E-state index in [2.05, 4.69) is 9.97 Å². The summed E-state index contributed by atoms with van der Waals surface area (Å²) in [5.41, 5.74) is 6.78. The Kier molecular flexibility index (Phi) is 6.51. The second-order valence-electron chi connectivity index (χ2n) is 6.21. The third-order valence-corrected chi connectivity index (χ3v) is 6.39. The van der Waals surface area contributed by atoms with Gasteiger partial charge in [-0.1, -0.05) is 30.3 Å². The summed E-state index contributed by atoms with van der Waals surface area (Å²) in [6.07, 6.45) is 4.37. The molecule has 2 aromatic rings. The van der Waals surface area contributed by atoms with Gasteiger partial charge in [0.25, 0.3) is 0 Å². The summed E-state index contributed by atoms with van der Waals surface area (Å²) in [7, 11) is -3.54. The first-order chi connectivity index (χ1) is 11.5. The Labute approximate surface area is 154 Å². The summed E-state index contributed by atoms with van der Waals surface area (Å²) in [5, 5.41) is 0. The summed E-state index contributed by atoms with van der Waals surface area (Å²) in [4.78, 5) is 8.57. The maximum absolute atomic E-state index is 12.7. The second-order valence-corrected chi connectivity index (χ2v) is 8.15. The molecule has 1 atom stereocenters. The molecule has 0 radical (unpaired) electrons. The van der Waals surface area contributed by atoms with Crippen molar-refractivity contribution >= 4 is 22.4 Å². The van der Waals surface area contributed by atoms with Gasteiger partial charge in [0.1, 0.15) is 4.90 Å². The van der Waals surface area contributed by atoms with E-state index < -0.39 is 10.0 Å². The van der Waals surface area contributed by atoms with Crippen molar-refractivity contribution in [3.8, 4) is 11.4 Å². The van der Waals surface area contributed by atoms with Crippen molar-refractivity contribution in [2.45, 2.75) is 30.7 Å². The lowest BCUT2D eigenvalue weighted by Gasteiger charge is -2.32. The van der Waals surface area contributed by atoms with Crippen LogP contribution >= 0.6 is 12.4 Å². The Morgan fingerprint density at radius 3 is 2.20 bits per heavy atom. The van der Waals surface area contributed by atoms with E-state index in [0.717, 1.165) is 18.4 Å². The zero-order chi connectivity index (χ0) is 17.2. The molecule has 1 fully saturated rings. The molecule has 3 rings (SSSR count). The van der Waals surface area contributed by atoms with Crippen molar-refractivity contribution in [3.63, 3.8) is 0 Å². The quantitative estimate of drug-likeness (QED) is 0.876. The van der Waals surface area contributed by atoms with Gasteiger partial charge in [-0.25, -0.2) is 18.4 Å². The monoisotopic (exact) mass is 382 g/mol. The molecule has 0 spiro atoms. The first kappa shape index (κ1) is 19.8. The van der Waals surface area contributed by atoms with E-state index in [1.54, 1.807) is 0 Å². The van der Waals surface area contributed by atoms with Crippen LogP contribution in [0, 0.1) is 5.92 Å². The highest BCUT2D eigenvalue weighted by atomic mass is 35.5. The van der Waals surface area contributed by atoms with E-state index in [9.17, 15) is 8.42 Å². The molecule has 2 heterocycles. The van der Waals surface area contributed by atoms with Crippen molar-refractivity contribution < 1.29 is 8.42 Å². The van der Waals surface area contributed by atoms with Gasteiger partial charge in [0.05, 0.1) is 12.4 Å². The second kappa shape index (κ2) is 8.23. The zero-order valence-corrected chi connectivity index (χ0v) is 15.7. The van der Waals surface area contributed by atoms with Crippen LogP contribution < -0.4 is 5.73 Å². The first-order valence-electron chi connectivity index (χ1n) is 8.11. The van der Waals surface area contributed by atoms with Gasteiger partial charge in [-0.2, -0.15) is 4.31 Å². The number of piperidine rings is 1. The van der Waals surface area contributed by atoms with Crippen LogP contribution in [-0.2, 0) is 10.0 Å². The van der Waals surface area contributed by atoms with Gasteiger partial charge < -0.3 is 5.73 Å². The van der Waals surface area contributed by atoms with Crippen molar-refractivity contribution in [2.24, 2.45) is 11.7 Å². The highest BCUT2D eigenvalue weighted by Gasteiger charge is 2.31. The largest absolute Gasteiger partial charge is 0.328 e. The van der Waals surface area contributed by atoms with Crippen LogP contribution in [0.5, 0.6) is 0 Å². The van der Waals surface area contributed by atoms with Crippen LogP contribution in [-0.4, -0.2) is 41.8 Å². The summed E-state index contributed by atoms with van der Waals surface area (Å²) in [6.45, 7) is 2.97. The fourth-order valence-corrected chi connectivity index (χ4v) is 4.34. The Morgan fingerprint density at radius 1 is 1.12 bits per heavy atom. The Morgan fingerprint density at radius 2 is 1.68 bits per heavy atom. The molecule has 8 heteroatoms. The topological polar surface area (TPSA) is 89.2 Å². The van der Waals surface area contributed by atoms with E-state index in [-0.39, 0.29) is 23.3 Å². The number of halogens is 1. The molecule has 136 valence electrons. The molecule has 25 heavy (non-hydrogen) atoms. The number of sulfonamides is 1. The average Bonchev–Trinajstić information content (AvgIpc) is 2.62. The van der Waals surface area contributed by atoms with Crippen LogP contribution in [0.15, 0.2) is 47.6 Å². The minimum Gasteiger partial charge on any atom is -0.328 e. The van der Waals surface area contributed by atoms with E-state index in [0.29, 0.717) is 24.8 Å². The lowest BCUT2D eigenvalue weighted by Crippen LogP contribution is -2.42. The molecule has 1 aliphatic rings. The maximum Gasteiger partial charge on any atom is 0.246 e. The van der Waals surface area contributed by atoms with Gasteiger partial charge in [0.15, 0.2) is 5.82 Å². The molecular formula is C17H23ClN4O2S. The van der Waals surface area contributed by atoms with E-state index >= 15 is 0 Å². The molecule has 0 aliphatic carbocycles. The van der Waals surface area contributed by atoms with Crippen LogP contribution in [0.4, 0.5) is 0 Å². The van der Waals surface area contributed by atoms with Gasteiger partial charge >= 0.3 is 0 Å². The fourth-order valence-electron chi connectivity index (χ4n) is 2.98. The number of benzene rings is 1. The van der Waals surface area contributed by atoms with Gasteiger partial charge in [-0.05, 0) is 25.7 Å². The molecule has 2 N–H and O–H groups in total. The number of nitrogens with two attached hydrogens (primary N) is 1. The summed E-state index contributed by atoms with van der Waals surface area (Å²) >= 11 is 0. The van der Waals surface area contributed by atoms with Crippen LogP contribution in [0.25, 0.3) is 11.4 Å².